The molecule has 3 heterocycles. The van der Waals surface area contributed by atoms with Gasteiger partial charge in [0.15, 0.2) is 11.2 Å². The molecule has 1 aliphatic rings. The molecule has 2 aromatic carbocycles. The number of nitrogens with zero attached hydrogens (tertiary/aromatic N) is 5. The van der Waals surface area contributed by atoms with Crippen LogP contribution in [0.3, 0.4) is 0 Å². The summed E-state index contributed by atoms with van der Waals surface area (Å²) in [7, 11) is 3.12. The normalized spacial score (nSPS) is 13.1. The Labute approximate surface area is 172 Å². The number of aromatic nitrogens is 4. The standard InChI is InChI=1S/C22H21N5O3/c1-24-19-18(20(28)25(2)22(24)29)27-12-11-26(21(27)23-19)16-9-6-10-17(13-16)30-14-15-7-4-3-5-8-15/h3-10,13H,11-12,14H2,1-2H3. The summed E-state index contributed by atoms with van der Waals surface area (Å²) >= 11 is 0. The van der Waals surface area contributed by atoms with E-state index in [4.69, 9.17) is 4.74 Å². The fourth-order valence-corrected chi connectivity index (χ4v) is 3.88. The van der Waals surface area contributed by atoms with Gasteiger partial charge in [0.1, 0.15) is 12.4 Å². The molecule has 0 aliphatic carbocycles. The van der Waals surface area contributed by atoms with Gasteiger partial charge in [-0.25, -0.2) is 4.79 Å². The Morgan fingerprint density at radius 3 is 2.57 bits per heavy atom. The van der Waals surface area contributed by atoms with Crippen LogP contribution in [-0.4, -0.2) is 25.2 Å². The van der Waals surface area contributed by atoms with Crippen molar-refractivity contribution < 1.29 is 4.74 Å². The van der Waals surface area contributed by atoms with Gasteiger partial charge in [0, 0.05) is 38.9 Å². The zero-order chi connectivity index (χ0) is 20.8. The molecule has 0 bridgehead atoms. The van der Waals surface area contributed by atoms with Crippen LogP contribution in [0.25, 0.3) is 11.2 Å². The lowest BCUT2D eigenvalue weighted by Gasteiger charge is -2.17. The Hall–Kier alpha value is -3.81. The van der Waals surface area contributed by atoms with Crippen molar-refractivity contribution in [1.29, 1.82) is 0 Å². The van der Waals surface area contributed by atoms with Gasteiger partial charge in [-0.3, -0.25) is 13.9 Å². The predicted octanol–water partition coefficient (Wildman–Crippen LogP) is 2.16. The number of fused-ring (bicyclic) bond motifs is 3. The van der Waals surface area contributed by atoms with Gasteiger partial charge in [-0.15, -0.1) is 0 Å². The number of imidazole rings is 1. The number of ether oxygens (including phenoxy) is 1. The van der Waals surface area contributed by atoms with Gasteiger partial charge < -0.3 is 14.2 Å². The van der Waals surface area contributed by atoms with E-state index in [9.17, 15) is 9.59 Å². The van der Waals surface area contributed by atoms with Crippen molar-refractivity contribution >= 4 is 22.8 Å². The summed E-state index contributed by atoms with van der Waals surface area (Å²) in [6, 6.07) is 17.8. The van der Waals surface area contributed by atoms with Gasteiger partial charge in [-0.1, -0.05) is 36.4 Å². The molecule has 0 amide bonds. The Morgan fingerprint density at radius 1 is 0.967 bits per heavy atom. The fourth-order valence-electron chi connectivity index (χ4n) is 3.88. The van der Waals surface area contributed by atoms with Crippen molar-refractivity contribution in [1.82, 2.24) is 18.7 Å². The van der Waals surface area contributed by atoms with Crippen molar-refractivity contribution in [3.63, 3.8) is 0 Å². The monoisotopic (exact) mass is 403 g/mol. The van der Waals surface area contributed by atoms with E-state index in [1.54, 1.807) is 7.05 Å². The lowest BCUT2D eigenvalue weighted by atomic mass is 10.2. The SMILES string of the molecule is Cn1c(=O)c2c(nc3n2CCN3c2cccc(OCc3ccccc3)c2)n(C)c1=O. The molecule has 152 valence electrons. The second kappa shape index (κ2) is 6.91. The summed E-state index contributed by atoms with van der Waals surface area (Å²) in [4.78, 5) is 31.6. The number of hydrogen-bond acceptors (Lipinski definition) is 5. The molecule has 8 heteroatoms. The molecule has 0 radical (unpaired) electrons. The van der Waals surface area contributed by atoms with E-state index in [0.29, 0.717) is 36.8 Å². The van der Waals surface area contributed by atoms with E-state index in [0.717, 1.165) is 21.6 Å². The van der Waals surface area contributed by atoms with E-state index in [-0.39, 0.29) is 11.2 Å². The van der Waals surface area contributed by atoms with Gasteiger partial charge in [0.05, 0.1) is 0 Å². The van der Waals surface area contributed by atoms with Gasteiger partial charge >= 0.3 is 5.69 Å². The van der Waals surface area contributed by atoms with E-state index in [1.165, 1.54) is 11.6 Å². The molecular weight excluding hydrogens is 382 g/mol. The van der Waals surface area contributed by atoms with Crippen LogP contribution in [0.5, 0.6) is 5.75 Å². The number of anilines is 2. The first-order chi connectivity index (χ1) is 14.5. The Bertz CT molecular complexity index is 1370. The van der Waals surface area contributed by atoms with E-state index in [2.05, 4.69) is 4.98 Å². The quantitative estimate of drug-likeness (QED) is 0.522. The Morgan fingerprint density at radius 2 is 1.77 bits per heavy atom. The van der Waals surface area contributed by atoms with Crippen molar-refractivity contribution in [2.45, 2.75) is 13.2 Å². The first kappa shape index (κ1) is 18.2. The summed E-state index contributed by atoms with van der Waals surface area (Å²) < 4.78 is 10.4. The number of benzene rings is 2. The highest BCUT2D eigenvalue weighted by Gasteiger charge is 2.28. The predicted molar refractivity (Wildman–Crippen MR) is 114 cm³/mol. The average molecular weight is 403 g/mol. The van der Waals surface area contributed by atoms with Gasteiger partial charge in [0.2, 0.25) is 5.95 Å². The van der Waals surface area contributed by atoms with Crippen LogP contribution in [0, 0.1) is 0 Å². The third kappa shape index (κ3) is 2.80. The number of rotatable bonds is 4. The molecule has 1 aliphatic heterocycles. The molecule has 0 saturated carbocycles. The van der Waals surface area contributed by atoms with Crippen LogP contribution in [0.15, 0.2) is 64.2 Å². The van der Waals surface area contributed by atoms with Crippen LogP contribution in [0.4, 0.5) is 11.6 Å². The molecule has 0 spiro atoms. The molecule has 0 atom stereocenters. The third-order valence-corrected chi connectivity index (χ3v) is 5.49. The molecule has 0 unspecified atom stereocenters. The molecule has 0 saturated heterocycles. The van der Waals surface area contributed by atoms with Crippen LogP contribution < -0.4 is 20.9 Å². The van der Waals surface area contributed by atoms with Crippen LogP contribution >= 0.6 is 0 Å². The molecule has 4 aromatic rings. The van der Waals surface area contributed by atoms with Crippen molar-refractivity contribution in [2.75, 3.05) is 11.4 Å². The van der Waals surface area contributed by atoms with Crippen molar-refractivity contribution in [3.8, 4) is 5.75 Å². The lowest BCUT2D eigenvalue weighted by molar-refractivity contribution is 0.306. The minimum absolute atomic E-state index is 0.325. The molecular formula is C22H21N5O3. The Kier molecular flexibility index (Phi) is 4.20. The van der Waals surface area contributed by atoms with E-state index < -0.39 is 0 Å². The van der Waals surface area contributed by atoms with E-state index in [1.807, 2.05) is 64.1 Å². The van der Waals surface area contributed by atoms with Crippen molar-refractivity contribution in [3.05, 3.63) is 81.0 Å². The molecule has 2 aromatic heterocycles. The molecule has 5 rings (SSSR count). The summed E-state index contributed by atoms with van der Waals surface area (Å²) in [5.41, 5.74) is 2.17. The Balaban J connectivity index is 1.51. The maximum absolute atomic E-state index is 12.7. The smallest absolute Gasteiger partial charge is 0.332 e. The van der Waals surface area contributed by atoms with Gasteiger partial charge in [-0.05, 0) is 17.7 Å². The fraction of sp³-hybridized carbons (Fsp3) is 0.227. The molecule has 0 fully saturated rings. The summed E-state index contributed by atoms with van der Waals surface area (Å²) in [6.45, 7) is 1.79. The molecule has 30 heavy (non-hydrogen) atoms. The highest BCUT2D eigenvalue weighted by molar-refractivity contribution is 5.77. The van der Waals surface area contributed by atoms with Crippen LogP contribution in [0.1, 0.15) is 5.56 Å². The topological polar surface area (TPSA) is 74.3 Å². The van der Waals surface area contributed by atoms with Crippen LogP contribution in [-0.2, 0) is 27.2 Å². The second-order valence-corrected chi connectivity index (χ2v) is 7.36. The highest BCUT2D eigenvalue weighted by atomic mass is 16.5. The van der Waals surface area contributed by atoms with Crippen molar-refractivity contribution in [2.24, 2.45) is 14.1 Å². The zero-order valence-corrected chi connectivity index (χ0v) is 16.8. The summed E-state index contributed by atoms with van der Waals surface area (Å²) in [6.07, 6.45) is 0. The third-order valence-electron chi connectivity index (χ3n) is 5.49. The second-order valence-electron chi connectivity index (χ2n) is 7.36. The first-order valence-electron chi connectivity index (χ1n) is 9.75. The largest absolute Gasteiger partial charge is 0.489 e. The summed E-state index contributed by atoms with van der Waals surface area (Å²) in [5.74, 6) is 1.41. The average Bonchev–Trinajstić information content (AvgIpc) is 3.35. The maximum atomic E-state index is 12.7. The first-order valence-corrected chi connectivity index (χ1v) is 9.75. The highest BCUT2D eigenvalue weighted by Crippen LogP contribution is 2.33. The lowest BCUT2D eigenvalue weighted by Crippen LogP contribution is -2.37. The van der Waals surface area contributed by atoms with Crippen LogP contribution in [0.2, 0.25) is 0 Å². The zero-order valence-electron chi connectivity index (χ0n) is 16.8. The molecule has 0 N–H and O–H groups in total. The van der Waals surface area contributed by atoms with E-state index >= 15 is 0 Å². The number of aryl methyl sites for hydroxylation is 1. The minimum Gasteiger partial charge on any atom is -0.489 e. The minimum atomic E-state index is -0.382. The maximum Gasteiger partial charge on any atom is 0.332 e. The summed E-state index contributed by atoms with van der Waals surface area (Å²) in [5, 5.41) is 0. The number of hydrogen-bond donors (Lipinski definition) is 0. The van der Waals surface area contributed by atoms with Gasteiger partial charge in [0.25, 0.3) is 5.56 Å². The molecule has 8 nitrogen and oxygen atoms in total. The van der Waals surface area contributed by atoms with Gasteiger partial charge in [-0.2, -0.15) is 4.98 Å².